The monoisotopic (exact) mass is 319 g/mol. The molecule has 1 aliphatic heterocycles. The summed E-state index contributed by atoms with van der Waals surface area (Å²) in [6.07, 6.45) is 1.94. The number of piperidine rings is 1. The zero-order valence-corrected chi connectivity index (χ0v) is 12.5. The van der Waals surface area contributed by atoms with Gasteiger partial charge in [0.25, 0.3) is 5.91 Å². The molecule has 0 N–H and O–H groups in total. The van der Waals surface area contributed by atoms with Crippen LogP contribution in [0.4, 0.5) is 4.39 Å². The summed E-state index contributed by atoms with van der Waals surface area (Å²) in [6, 6.07) is 4.08. The third kappa shape index (κ3) is 3.12. The molecule has 1 amide bonds. The highest BCUT2D eigenvalue weighted by Gasteiger charge is 2.30. The molecule has 2 rings (SSSR count). The normalized spacial score (nSPS) is 17.2. The van der Waals surface area contributed by atoms with Gasteiger partial charge in [-0.15, -0.1) is 0 Å². The van der Waals surface area contributed by atoms with Gasteiger partial charge in [-0.3, -0.25) is 4.79 Å². The van der Waals surface area contributed by atoms with Crippen molar-refractivity contribution in [3.8, 4) is 0 Å². The van der Waals surface area contributed by atoms with Gasteiger partial charge >= 0.3 is 0 Å². The summed E-state index contributed by atoms with van der Waals surface area (Å²) in [5.41, 5.74) is -0.146. The number of halogens is 2. The smallest absolute Gasteiger partial charge is 0.258 e. The number of likely N-dealkylation sites (tertiary alicyclic amines) is 1. The second kappa shape index (κ2) is 5.69. The van der Waals surface area contributed by atoms with Crippen molar-refractivity contribution in [2.24, 2.45) is 0 Å². The fourth-order valence-corrected chi connectivity index (χ4v) is 3.66. The fourth-order valence-electron chi connectivity index (χ4n) is 2.35. The van der Waals surface area contributed by atoms with Gasteiger partial charge in [0.15, 0.2) is 0 Å². The van der Waals surface area contributed by atoms with E-state index in [1.165, 1.54) is 29.4 Å². The predicted molar refractivity (Wildman–Crippen MR) is 75.2 cm³/mol. The van der Waals surface area contributed by atoms with Crippen LogP contribution in [0.25, 0.3) is 0 Å². The van der Waals surface area contributed by atoms with Gasteiger partial charge in [0.05, 0.1) is 15.8 Å². The van der Waals surface area contributed by atoms with E-state index in [-0.39, 0.29) is 10.6 Å². The molecule has 0 atom stereocenters. The predicted octanol–water partition coefficient (Wildman–Crippen LogP) is 2.13. The van der Waals surface area contributed by atoms with Crippen LogP contribution >= 0.6 is 11.6 Å². The van der Waals surface area contributed by atoms with E-state index in [0.29, 0.717) is 25.9 Å². The van der Waals surface area contributed by atoms with E-state index in [9.17, 15) is 17.6 Å². The SMILES string of the molecule is CS(=O)(=O)C1CCN(C(=O)c2c(F)cccc2Cl)CC1. The third-order valence-corrected chi connectivity index (χ3v) is 5.51. The summed E-state index contributed by atoms with van der Waals surface area (Å²) in [5, 5.41) is -0.358. The third-order valence-electron chi connectivity index (χ3n) is 3.51. The first kappa shape index (κ1) is 15.3. The van der Waals surface area contributed by atoms with Gasteiger partial charge in [-0.2, -0.15) is 0 Å². The van der Waals surface area contributed by atoms with Crippen LogP contribution in [0, 0.1) is 5.82 Å². The molecule has 1 aliphatic rings. The van der Waals surface area contributed by atoms with Crippen LogP contribution in [0.5, 0.6) is 0 Å². The van der Waals surface area contributed by atoms with E-state index in [1.807, 2.05) is 0 Å². The Kier molecular flexibility index (Phi) is 4.34. The molecule has 110 valence electrons. The van der Waals surface area contributed by atoms with Crippen LogP contribution < -0.4 is 0 Å². The zero-order valence-electron chi connectivity index (χ0n) is 11.0. The number of hydrogen-bond donors (Lipinski definition) is 0. The highest BCUT2D eigenvalue weighted by Crippen LogP contribution is 2.24. The Morgan fingerprint density at radius 2 is 1.95 bits per heavy atom. The Labute approximate surface area is 122 Å². The van der Waals surface area contributed by atoms with E-state index in [0.717, 1.165) is 0 Å². The van der Waals surface area contributed by atoms with Gasteiger partial charge in [-0.25, -0.2) is 12.8 Å². The maximum Gasteiger partial charge on any atom is 0.258 e. The number of carbonyl (C=O) groups is 1. The number of carbonyl (C=O) groups excluding carboxylic acids is 1. The average molecular weight is 320 g/mol. The standard InChI is InChI=1S/C13H15ClFNO3S/c1-20(18,19)9-5-7-16(8-6-9)13(17)12-10(14)3-2-4-11(12)15/h2-4,9H,5-8H2,1H3. The Morgan fingerprint density at radius 1 is 1.35 bits per heavy atom. The van der Waals surface area contributed by atoms with Gasteiger partial charge in [0.1, 0.15) is 15.7 Å². The number of sulfone groups is 1. The Balaban J connectivity index is 2.13. The van der Waals surface area contributed by atoms with Crippen LogP contribution in [-0.4, -0.2) is 43.8 Å². The van der Waals surface area contributed by atoms with Crippen LogP contribution in [0.2, 0.25) is 5.02 Å². The van der Waals surface area contributed by atoms with Gasteiger partial charge in [0.2, 0.25) is 0 Å². The van der Waals surface area contributed by atoms with Gasteiger partial charge < -0.3 is 4.90 Å². The molecule has 4 nitrogen and oxygen atoms in total. The van der Waals surface area contributed by atoms with Crippen LogP contribution in [0.3, 0.4) is 0 Å². The lowest BCUT2D eigenvalue weighted by atomic mass is 10.1. The van der Waals surface area contributed by atoms with E-state index in [1.54, 1.807) is 0 Å². The van der Waals surface area contributed by atoms with E-state index < -0.39 is 26.8 Å². The minimum absolute atomic E-state index is 0.0697. The van der Waals surface area contributed by atoms with Gasteiger partial charge in [0, 0.05) is 19.3 Å². The number of hydrogen-bond acceptors (Lipinski definition) is 3. The summed E-state index contributed by atoms with van der Waals surface area (Å²) >= 11 is 5.86. The Morgan fingerprint density at radius 3 is 2.45 bits per heavy atom. The molecule has 1 aromatic rings. The highest BCUT2D eigenvalue weighted by atomic mass is 35.5. The van der Waals surface area contributed by atoms with Crippen molar-refractivity contribution in [3.63, 3.8) is 0 Å². The zero-order chi connectivity index (χ0) is 14.9. The first-order valence-electron chi connectivity index (χ1n) is 6.23. The molecule has 7 heteroatoms. The second-order valence-electron chi connectivity index (χ2n) is 4.92. The van der Waals surface area contributed by atoms with Gasteiger partial charge in [-0.05, 0) is 25.0 Å². The maximum atomic E-state index is 13.7. The number of nitrogens with zero attached hydrogens (tertiary/aromatic N) is 1. The molecule has 0 spiro atoms. The summed E-state index contributed by atoms with van der Waals surface area (Å²) in [7, 11) is -3.09. The van der Waals surface area contributed by atoms with Crippen LogP contribution in [0.15, 0.2) is 18.2 Å². The van der Waals surface area contributed by atoms with Crippen molar-refractivity contribution in [3.05, 3.63) is 34.6 Å². The second-order valence-corrected chi connectivity index (χ2v) is 7.65. The Bertz CT molecular complexity index is 604. The van der Waals surface area contributed by atoms with E-state index >= 15 is 0 Å². The van der Waals surface area contributed by atoms with Crippen LogP contribution in [0.1, 0.15) is 23.2 Å². The van der Waals surface area contributed by atoms with Crippen molar-refractivity contribution in [2.45, 2.75) is 18.1 Å². The van der Waals surface area contributed by atoms with Crippen molar-refractivity contribution in [1.29, 1.82) is 0 Å². The largest absolute Gasteiger partial charge is 0.338 e. The first-order chi connectivity index (χ1) is 9.30. The maximum absolute atomic E-state index is 13.7. The molecule has 0 radical (unpaired) electrons. The Hall–Kier alpha value is -1.14. The summed E-state index contributed by atoms with van der Waals surface area (Å²) < 4.78 is 36.6. The molecular formula is C13H15ClFNO3S. The molecule has 1 heterocycles. The molecule has 0 aliphatic carbocycles. The van der Waals surface area contributed by atoms with E-state index in [4.69, 9.17) is 11.6 Å². The summed E-state index contributed by atoms with van der Waals surface area (Å²) in [6.45, 7) is 0.586. The first-order valence-corrected chi connectivity index (χ1v) is 8.56. The summed E-state index contributed by atoms with van der Waals surface area (Å²) in [4.78, 5) is 13.7. The molecule has 0 aromatic heterocycles. The lowest BCUT2D eigenvalue weighted by molar-refractivity contribution is 0.0721. The van der Waals surface area contributed by atoms with Crippen LogP contribution in [-0.2, 0) is 9.84 Å². The van der Waals surface area contributed by atoms with Crippen molar-refractivity contribution >= 4 is 27.3 Å². The lowest BCUT2D eigenvalue weighted by Crippen LogP contribution is -2.42. The van der Waals surface area contributed by atoms with Crippen molar-refractivity contribution in [1.82, 2.24) is 4.90 Å². The minimum Gasteiger partial charge on any atom is -0.338 e. The van der Waals surface area contributed by atoms with Gasteiger partial charge in [-0.1, -0.05) is 17.7 Å². The molecule has 0 bridgehead atoms. The fraction of sp³-hybridized carbons (Fsp3) is 0.462. The molecule has 1 fully saturated rings. The topological polar surface area (TPSA) is 54.5 Å². The molecule has 1 saturated heterocycles. The van der Waals surface area contributed by atoms with Crippen molar-refractivity contribution in [2.75, 3.05) is 19.3 Å². The average Bonchev–Trinajstić information content (AvgIpc) is 2.37. The van der Waals surface area contributed by atoms with Crippen molar-refractivity contribution < 1.29 is 17.6 Å². The quantitative estimate of drug-likeness (QED) is 0.839. The molecule has 0 unspecified atom stereocenters. The minimum atomic E-state index is -3.09. The highest BCUT2D eigenvalue weighted by molar-refractivity contribution is 7.91. The molecule has 0 saturated carbocycles. The molecule has 20 heavy (non-hydrogen) atoms. The number of amides is 1. The molecule has 1 aromatic carbocycles. The number of rotatable bonds is 2. The summed E-state index contributed by atoms with van der Waals surface area (Å²) in [5.74, 6) is -1.15. The number of benzene rings is 1. The van der Waals surface area contributed by atoms with E-state index in [2.05, 4.69) is 0 Å². The molecular weight excluding hydrogens is 305 g/mol. The lowest BCUT2D eigenvalue weighted by Gasteiger charge is -2.31.